The van der Waals surface area contributed by atoms with Gasteiger partial charge in [0, 0.05) is 31.5 Å². The van der Waals surface area contributed by atoms with Gasteiger partial charge in [0.05, 0.1) is 52.5 Å². The fourth-order valence-electron chi connectivity index (χ4n) is 4.56. The Labute approximate surface area is 244 Å². The average Bonchev–Trinajstić information content (AvgIpc) is 3.02. The van der Waals surface area contributed by atoms with Gasteiger partial charge in [-0.15, -0.1) is 0 Å². The first-order valence-corrected chi connectivity index (χ1v) is 13.6. The van der Waals surface area contributed by atoms with Crippen molar-refractivity contribution in [3.63, 3.8) is 0 Å². The number of hydrogen-bond donors (Lipinski definition) is 0. The number of rotatable bonds is 13. The van der Waals surface area contributed by atoms with Gasteiger partial charge >= 0.3 is 17.9 Å². The summed E-state index contributed by atoms with van der Waals surface area (Å²) in [5.74, 6) is -3.11. The van der Waals surface area contributed by atoms with E-state index >= 15 is 0 Å². The molecule has 1 aromatic carbocycles. The summed E-state index contributed by atoms with van der Waals surface area (Å²) in [6, 6.07) is 11.2. The van der Waals surface area contributed by atoms with E-state index in [1.165, 1.54) is 33.4 Å². The maximum absolute atomic E-state index is 13.4. The topological polar surface area (TPSA) is 146 Å². The number of benzene rings is 1. The number of methoxy groups -OCH3 is 2. The zero-order valence-electron chi connectivity index (χ0n) is 24.2. The number of cyclic esters (lactones) is 1. The molecule has 0 N–H and O–H groups in total. The average molecular weight is 588 g/mol. The lowest BCUT2D eigenvalue weighted by atomic mass is 9.91. The highest BCUT2D eigenvalue weighted by molar-refractivity contribution is 5.99. The molecule has 2 heterocycles. The molecule has 2 aromatic rings. The van der Waals surface area contributed by atoms with E-state index in [2.05, 4.69) is 4.98 Å². The number of ether oxygens (including phenoxy) is 7. The van der Waals surface area contributed by atoms with E-state index in [4.69, 9.17) is 33.2 Å². The molecule has 1 aliphatic rings. The summed E-state index contributed by atoms with van der Waals surface area (Å²) in [5.41, 5.74) is 0.954. The summed E-state index contributed by atoms with van der Waals surface area (Å²) in [6.07, 6.45) is 0.406. The molecule has 12 heteroatoms. The lowest BCUT2D eigenvalue weighted by Gasteiger charge is -2.30. The predicted octanol–water partition coefficient (Wildman–Crippen LogP) is 2.95. The van der Waals surface area contributed by atoms with Gasteiger partial charge in [0.1, 0.15) is 6.10 Å². The van der Waals surface area contributed by atoms with Crippen LogP contribution in [-0.2, 0) is 44.5 Å². The van der Waals surface area contributed by atoms with Crippen molar-refractivity contribution in [2.75, 3.05) is 40.8 Å². The molecule has 0 amide bonds. The van der Waals surface area contributed by atoms with Crippen LogP contribution >= 0.6 is 0 Å². The van der Waals surface area contributed by atoms with E-state index in [-0.39, 0.29) is 55.8 Å². The number of ketones is 1. The first-order valence-electron chi connectivity index (χ1n) is 13.6. The second-order valence-electron chi connectivity index (χ2n) is 9.70. The molecule has 1 aromatic heterocycles. The van der Waals surface area contributed by atoms with E-state index in [1.54, 1.807) is 6.92 Å². The molecular weight excluding hydrogens is 550 g/mol. The van der Waals surface area contributed by atoms with Crippen molar-refractivity contribution in [3.8, 4) is 11.5 Å². The molecule has 4 atom stereocenters. The van der Waals surface area contributed by atoms with E-state index in [9.17, 15) is 19.2 Å². The lowest BCUT2D eigenvalue weighted by Crippen LogP contribution is -2.40. The van der Waals surface area contributed by atoms with Gasteiger partial charge in [0.2, 0.25) is 6.79 Å². The van der Waals surface area contributed by atoms with Crippen LogP contribution in [0, 0.1) is 11.8 Å². The number of esters is 3. The normalized spacial score (nSPS) is 20.7. The Balaban J connectivity index is 1.78. The van der Waals surface area contributed by atoms with Gasteiger partial charge < -0.3 is 33.2 Å². The molecule has 0 saturated carbocycles. The number of Topliss-reactive ketones (excluding diaryl/α,β-unsaturated/α-hetero) is 1. The van der Waals surface area contributed by atoms with Crippen LogP contribution in [0.2, 0.25) is 0 Å². The zero-order valence-corrected chi connectivity index (χ0v) is 24.2. The first-order chi connectivity index (χ1) is 20.2. The molecule has 0 radical (unpaired) electrons. The Morgan fingerprint density at radius 2 is 1.83 bits per heavy atom. The number of aromatic nitrogens is 1. The maximum Gasteiger partial charge on any atom is 0.312 e. The van der Waals surface area contributed by atoms with Crippen molar-refractivity contribution < 1.29 is 52.3 Å². The summed E-state index contributed by atoms with van der Waals surface area (Å²) in [6.45, 7) is 2.70. The summed E-state index contributed by atoms with van der Waals surface area (Å²) < 4.78 is 38.2. The van der Waals surface area contributed by atoms with Gasteiger partial charge in [0.15, 0.2) is 23.0 Å². The molecule has 1 saturated heterocycles. The highest BCUT2D eigenvalue weighted by atomic mass is 16.7. The van der Waals surface area contributed by atoms with Crippen LogP contribution in [0.25, 0.3) is 0 Å². The van der Waals surface area contributed by atoms with E-state index in [0.717, 1.165) is 5.56 Å². The maximum atomic E-state index is 13.4. The zero-order chi connectivity index (χ0) is 30.5. The second kappa shape index (κ2) is 16.4. The third-order valence-electron chi connectivity index (χ3n) is 6.65. The highest BCUT2D eigenvalue weighted by Crippen LogP contribution is 2.32. The highest BCUT2D eigenvalue weighted by Gasteiger charge is 2.36. The third-order valence-corrected chi connectivity index (χ3v) is 6.65. The second-order valence-corrected chi connectivity index (χ2v) is 9.70. The molecule has 0 unspecified atom stereocenters. The number of nitrogens with zero attached hydrogens (tertiary/aromatic N) is 1. The monoisotopic (exact) mass is 587 g/mol. The van der Waals surface area contributed by atoms with Gasteiger partial charge in [-0.25, -0.2) is 4.98 Å². The number of carbonyl (C=O) groups excluding carboxylic acids is 4. The predicted molar refractivity (Wildman–Crippen MR) is 147 cm³/mol. The molecule has 228 valence electrons. The van der Waals surface area contributed by atoms with Crippen LogP contribution in [0.4, 0.5) is 0 Å². The number of pyridine rings is 1. The molecule has 3 rings (SSSR count). The van der Waals surface area contributed by atoms with Crippen LogP contribution in [0.1, 0.15) is 42.7 Å². The van der Waals surface area contributed by atoms with Gasteiger partial charge in [-0.1, -0.05) is 30.3 Å². The quantitative estimate of drug-likeness (QED) is 0.147. The smallest absolute Gasteiger partial charge is 0.312 e. The van der Waals surface area contributed by atoms with Gasteiger partial charge in [-0.2, -0.15) is 0 Å². The molecular formula is C30H37NO11. The largest absolute Gasteiger partial charge is 0.493 e. The van der Waals surface area contributed by atoms with Crippen molar-refractivity contribution in [2.24, 2.45) is 11.8 Å². The fourth-order valence-corrected chi connectivity index (χ4v) is 4.56. The van der Waals surface area contributed by atoms with Crippen LogP contribution in [-0.4, -0.2) is 81.7 Å². The van der Waals surface area contributed by atoms with E-state index in [1.807, 2.05) is 30.3 Å². The Kier molecular flexibility index (Phi) is 12.7. The van der Waals surface area contributed by atoms with E-state index in [0.29, 0.717) is 6.42 Å². The Morgan fingerprint density at radius 3 is 2.52 bits per heavy atom. The number of hydrogen-bond acceptors (Lipinski definition) is 12. The molecule has 1 fully saturated rings. The summed E-state index contributed by atoms with van der Waals surface area (Å²) in [4.78, 5) is 53.6. The minimum absolute atomic E-state index is 0.0148. The van der Waals surface area contributed by atoms with Crippen LogP contribution in [0.15, 0.2) is 42.6 Å². The van der Waals surface area contributed by atoms with Crippen molar-refractivity contribution in [3.05, 3.63) is 53.9 Å². The molecule has 12 nitrogen and oxygen atoms in total. The minimum atomic E-state index is -0.944. The standard InChI is InChI=1S/C30H37NO11/c1-19-28(39-13-11-26(34)37-4)22(14-21-8-6-5-7-9-21)16-38-17-23(30(35)42-19)15-24(33)27-29(41-18-40-20(2)32)25(36-3)10-12-31-27/h5-10,12,19,22-23,28H,11,13-18H2,1-4H3/t19-,22-,23-,28-/m0/s1. The third kappa shape index (κ3) is 9.52. The van der Waals surface area contributed by atoms with Crippen LogP contribution in [0.5, 0.6) is 11.5 Å². The summed E-state index contributed by atoms with van der Waals surface area (Å²) in [7, 11) is 2.69. The Morgan fingerprint density at radius 1 is 1.07 bits per heavy atom. The SMILES string of the molecule is COC(=O)CCO[C@@H]1[C@@H](Cc2ccccc2)COC[C@H](CC(=O)c2nccc(OC)c2OCOC(C)=O)C(=O)O[C@H]1C. The van der Waals surface area contributed by atoms with Gasteiger partial charge in [0.25, 0.3) is 0 Å². The lowest BCUT2D eigenvalue weighted by molar-refractivity contribution is -0.164. The van der Waals surface area contributed by atoms with Crippen molar-refractivity contribution in [1.29, 1.82) is 0 Å². The molecule has 0 aliphatic carbocycles. The molecule has 42 heavy (non-hydrogen) atoms. The van der Waals surface area contributed by atoms with E-state index < -0.39 is 48.6 Å². The van der Waals surface area contributed by atoms with Crippen molar-refractivity contribution in [1.82, 2.24) is 4.98 Å². The van der Waals surface area contributed by atoms with Gasteiger partial charge in [-0.3, -0.25) is 19.2 Å². The van der Waals surface area contributed by atoms with Crippen LogP contribution < -0.4 is 9.47 Å². The molecule has 0 spiro atoms. The van der Waals surface area contributed by atoms with Crippen molar-refractivity contribution >= 4 is 23.7 Å². The Bertz CT molecular complexity index is 1200. The summed E-state index contributed by atoms with van der Waals surface area (Å²) >= 11 is 0. The van der Waals surface area contributed by atoms with Crippen LogP contribution in [0.3, 0.4) is 0 Å². The molecule has 0 bridgehead atoms. The minimum Gasteiger partial charge on any atom is -0.493 e. The fraction of sp³-hybridized carbons (Fsp3) is 0.500. The first kappa shape index (κ1) is 32.5. The number of carbonyl (C=O) groups is 4. The Hall–Kier alpha value is -4.03. The van der Waals surface area contributed by atoms with Gasteiger partial charge in [-0.05, 0) is 18.9 Å². The van der Waals surface area contributed by atoms with Crippen molar-refractivity contribution in [2.45, 2.75) is 45.3 Å². The molecule has 1 aliphatic heterocycles. The summed E-state index contributed by atoms with van der Waals surface area (Å²) in [5, 5.41) is 0.